The summed E-state index contributed by atoms with van der Waals surface area (Å²) in [5.41, 5.74) is 5.66. The third-order valence-electron chi connectivity index (χ3n) is 2.78. The van der Waals surface area contributed by atoms with Gasteiger partial charge >= 0.3 is 0 Å². The smallest absolute Gasteiger partial charge is 0.0812 e. The highest BCUT2D eigenvalue weighted by Crippen LogP contribution is 2.18. The summed E-state index contributed by atoms with van der Waals surface area (Å²) in [7, 11) is 1.59. The summed E-state index contributed by atoms with van der Waals surface area (Å²) < 4.78 is 5.52. The van der Waals surface area contributed by atoms with Gasteiger partial charge in [0, 0.05) is 13.7 Å². The van der Waals surface area contributed by atoms with E-state index < -0.39 is 0 Å². The first kappa shape index (κ1) is 11.9. The summed E-state index contributed by atoms with van der Waals surface area (Å²) >= 11 is 0. The Morgan fingerprint density at radius 3 is 2.93 bits per heavy atom. The fraction of sp³-hybridized carbons (Fsp3) is 1.00. The van der Waals surface area contributed by atoms with Crippen LogP contribution in [0.3, 0.4) is 0 Å². The molecule has 1 saturated heterocycles. The van der Waals surface area contributed by atoms with E-state index in [0.717, 1.165) is 37.4 Å². The molecule has 1 aliphatic heterocycles. The minimum Gasteiger partial charge on any atom is -0.378 e. The lowest BCUT2D eigenvalue weighted by molar-refractivity contribution is -0.103. The number of hydrogen-bond acceptors (Lipinski definition) is 4. The lowest BCUT2D eigenvalue weighted by Gasteiger charge is -2.17. The lowest BCUT2D eigenvalue weighted by atomic mass is 10.1. The minimum absolute atomic E-state index is 0.223. The number of nitrogens with zero attached hydrogens (tertiary/aromatic N) is 1. The zero-order chi connectivity index (χ0) is 10.4. The number of hydrogen-bond donors (Lipinski definition) is 2. The van der Waals surface area contributed by atoms with E-state index in [1.165, 1.54) is 12.8 Å². The van der Waals surface area contributed by atoms with Crippen molar-refractivity contribution in [3.05, 3.63) is 0 Å². The van der Waals surface area contributed by atoms with E-state index in [4.69, 9.17) is 15.7 Å². The highest BCUT2D eigenvalue weighted by molar-refractivity contribution is 4.65. The number of hydroxylamine groups is 2. The van der Waals surface area contributed by atoms with Crippen molar-refractivity contribution in [2.24, 2.45) is 5.73 Å². The first-order valence-corrected chi connectivity index (χ1v) is 5.49. The molecule has 0 aromatic rings. The maximum atomic E-state index is 9.02. The largest absolute Gasteiger partial charge is 0.378 e. The van der Waals surface area contributed by atoms with Gasteiger partial charge in [-0.15, -0.1) is 0 Å². The van der Waals surface area contributed by atoms with Gasteiger partial charge in [0.1, 0.15) is 0 Å². The molecule has 0 aromatic heterocycles. The number of nitrogens with two attached hydrogens (primary N) is 1. The Labute approximate surface area is 86.0 Å². The fourth-order valence-electron chi connectivity index (χ4n) is 1.78. The highest BCUT2D eigenvalue weighted by atomic mass is 16.5. The van der Waals surface area contributed by atoms with Crippen LogP contribution >= 0.6 is 0 Å². The first-order chi connectivity index (χ1) is 6.70. The molecule has 1 fully saturated rings. The van der Waals surface area contributed by atoms with Crippen molar-refractivity contribution < 1.29 is 9.94 Å². The summed E-state index contributed by atoms with van der Waals surface area (Å²) in [4.78, 5) is 0. The zero-order valence-corrected chi connectivity index (χ0v) is 8.98. The summed E-state index contributed by atoms with van der Waals surface area (Å²) in [6.07, 6.45) is 6.88. The molecule has 0 amide bonds. The van der Waals surface area contributed by atoms with E-state index >= 15 is 0 Å². The van der Waals surface area contributed by atoms with E-state index in [1.54, 1.807) is 7.05 Å². The molecule has 84 valence electrons. The number of ether oxygens (including phenoxy) is 1. The van der Waals surface area contributed by atoms with Crippen LogP contribution in [0.4, 0.5) is 0 Å². The Morgan fingerprint density at radius 2 is 2.36 bits per heavy atom. The number of rotatable bonds is 6. The molecule has 2 atom stereocenters. The van der Waals surface area contributed by atoms with Crippen molar-refractivity contribution in [1.29, 1.82) is 0 Å². The standard InChI is InChI=1S/C10H22N2O2/c1-12(13)10(11)7-3-2-5-9-6-4-8-14-9/h9-10,13H,2-8,11H2,1H3. The van der Waals surface area contributed by atoms with Crippen LogP contribution in [0.1, 0.15) is 38.5 Å². The van der Waals surface area contributed by atoms with Gasteiger partial charge in [0.05, 0.1) is 12.3 Å². The summed E-state index contributed by atoms with van der Waals surface area (Å²) in [6.45, 7) is 0.934. The van der Waals surface area contributed by atoms with Gasteiger partial charge in [0.25, 0.3) is 0 Å². The minimum atomic E-state index is -0.223. The summed E-state index contributed by atoms with van der Waals surface area (Å²) in [6, 6.07) is 0. The Morgan fingerprint density at radius 1 is 1.57 bits per heavy atom. The van der Waals surface area contributed by atoms with Gasteiger partial charge in [0.15, 0.2) is 0 Å². The van der Waals surface area contributed by atoms with Crippen molar-refractivity contribution in [3.63, 3.8) is 0 Å². The van der Waals surface area contributed by atoms with Gasteiger partial charge in [0.2, 0.25) is 0 Å². The number of unbranched alkanes of at least 4 members (excludes halogenated alkanes) is 1. The maximum Gasteiger partial charge on any atom is 0.0812 e. The van der Waals surface area contributed by atoms with Crippen molar-refractivity contribution in [2.45, 2.75) is 50.8 Å². The topological polar surface area (TPSA) is 58.7 Å². The van der Waals surface area contributed by atoms with Crippen LogP contribution in [0.2, 0.25) is 0 Å². The van der Waals surface area contributed by atoms with Gasteiger partial charge in [-0.05, 0) is 25.7 Å². The van der Waals surface area contributed by atoms with Crippen LogP contribution in [0, 0.1) is 0 Å². The average Bonchev–Trinajstić information content (AvgIpc) is 2.64. The second-order valence-electron chi connectivity index (χ2n) is 4.06. The molecule has 14 heavy (non-hydrogen) atoms. The van der Waals surface area contributed by atoms with Crippen LogP contribution in [-0.4, -0.2) is 36.2 Å². The molecule has 0 aliphatic carbocycles. The fourth-order valence-corrected chi connectivity index (χ4v) is 1.78. The van der Waals surface area contributed by atoms with Gasteiger partial charge in [-0.25, -0.2) is 0 Å². The highest BCUT2D eigenvalue weighted by Gasteiger charge is 2.14. The molecule has 0 radical (unpaired) electrons. The molecule has 1 heterocycles. The summed E-state index contributed by atoms with van der Waals surface area (Å²) in [5, 5.41) is 10.1. The Kier molecular flexibility index (Phi) is 5.40. The molecule has 1 rings (SSSR count). The average molecular weight is 202 g/mol. The Hall–Kier alpha value is -0.160. The van der Waals surface area contributed by atoms with Crippen molar-refractivity contribution in [1.82, 2.24) is 5.06 Å². The molecule has 4 nitrogen and oxygen atoms in total. The predicted octanol–water partition coefficient (Wildman–Crippen LogP) is 1.33. The monoisotopic (exact) mass is 202 g/mol. The quantitative estimate of drug-likeness (QED) is 0.387. The molecule has 2 unspecified atom stereocenters. The zero-order valence-electron chi connectivity index (χ0n) is 8.98. The van der Waals surface area contributed by atoms with Gasteiger partial charge < -0.3 is 15.7 Å². The Bertz CT molecular complexity index is 143. The SMILES string of the molecule is CN(O)C(N)CCCCC1CCCO1. The molecular formula is C10H22N2O2. The maximum absolute atomic E-state index is 9.02. The third kappa shape index (κ3) is 4.37. The second kappa shape index (κ2) is 6.35. The lowest BCUT2D eigenvalue weighted by Crippen LogP contribution is -2.36. The molecule has 0 bridgehead atoms. The van der Waals surface area contributed by atoms with Crippen LogP contribution < -0.4 is 5.73 Å². The van der Waals surface area contributed by atoms with Gasteiger partial charge in [-0.1, -0.05) is 12.8 Å². The molecule has 0 aromatic carbocycles. The van der Waals surface area contributed by atoms with E-state index in [1.807, 2.05) is 0 Å². The normalized spacial score (nSPS) is 24.4. The van der Waals surface area contributed by atoms with E-state index in [9.17, 15) is 0 Å². The summed E-state index contributed by atoms with van der Waals surface area (Å²) in [5.74, 6) is 0. The van der Waals surface area contributed by atoms with Gasteiger partial charge in [-0.2, -0.15) is 5.06 Å². The Balaban J connectivity index is 1.93. The molecule has 0 saturated carbocycles. The van der Waals surface area contributed by atoms with Crippen LogP contribution in [0.5, 0.6) is 0 Å². The van der Waals surface area contributed by atoms with Crippen LogP contribution in [0.25, 0.3) is 0 Å². The molecule has 4 heteroatoms. The second-order valence-corrected chi connectivity index (χ2v) is 4.06. The van der Waals surface area contributed by atoms with E-state index in [0.29, 0.717) is 6.10 Å². The van der Waals surface area contributed by atoms with Crippen molar-refractivity contribution in [2.75, 3.05) is 13.7 Å². The molecular weight excluding hydrogens is 180 g/mol. The molecule has 0 spiro atoms. The van der Waals surface area contributed by atoms with Gasteiger partial charge in [-0.3, -0.25) is 0 Å². The van der Waals surface area contributed by atoms with Crippen LogP contribution in [-0.2, 0) is 4.74 Å². The van der Waals surface area contributed by atoms with E-state index in [-0.39, 0.29) is 6.17 Å². The van der Waals surface area contributed by atoms with Crippen LogP contribution in [0.15, 0.2) is 0 Å². The van der Waals surface area contributed by atoms with E-state index in [2.05, 4.69) is 0 Å². The third-order valence-corrected chi connectivity index (χ3v) is 2.78. The molecule has 3 N–H and O–H groups in total. The molecule has 1 aliphatic rings. The predicted molar refractivity (Wildman–Crippen MR) is 55.0 cm³/mol. The first-order valence-electron chi connectivity index (χ1n) is 5.49. The van der Waals surface area contributed by atoms with Crippen molar-refractivity contribution in [3.8, 4) is 0 Å². The van der Waals surface area contributed by atoms with Crippen molar-refractivity contribution >= 4 is 0 Å².